The number of epoxide rings is 1. The van der Waals surface area contributed by atoms with Crippen LogP contribution < -0.4 is 0 Å². The van der Waals surface area contributed by atoms with Crippen LogP contribution in [0.25, 0.3) is 0 Å². The molecule has 1 heterocycles. The van der Waals surface area contributed by atoms with Crippen LogP contribution >= 0.6 is 0 Å². The number of hydrogen-bond acceptors (Lipinski definition) is 8. The number of ether oxygens (including phenoxy) is 4. The first-order valence-electron chi connectivity index (χ1n) is 10.1. The van der Waals surface area contributed by atoms with Crippen molar-refractivity contribution in [2.45, 2.75) is 32.0 Å². The molecule has 2 aliphatic carbocycles. The average Bonchev–Trinajstić information content (AvgIpc) is 3.35. The van der Waals surface area contributed by atoms with Gasteiger partial charge in [-0.25, -0.2) is 9.59 Å². The number of carbonyl (C=O) groups is 3. The normalized spacial score (nSPS) is 29.9. The van der Waals surface area contributed by atoms with E-state index in [1.807, 2.05) is 12.2 Å². The number of aliphatic hydroxyl groups is 1. The topological polar surface area (TPSA) is 112 Å². The number of carbonyl (C=O) groups excluding carboxylic acids is 3. The molecule has 2 fully saturated rings. The van der Waals surface area contributed by atoms with Crippen molar-refractivity contribution in [1.82, 2.24) is 0 Å². The van der Waals surface area contributed by atoms with Gasteiger partial charge in [0.1, 0.15) is 32.0 Å². The Morgan fingerprint density at radius 1 is 1.30 bits per heavy atom. The standard InChI is InChI=1S/C22H28O8/c1-4-13-5-19(22(26)30-11-16-10-27-16)18-7-14(6-17(13)18)21(25)29-9-15(23)8-28-20(24)12(2)3/h4,6,13,15-19,23H,1-2,5,7-11H2,3H3. The maximum Gasteiger partial charge on any atom is 0.333 e. The Morgan fingerprint density at radius 3 is 2.63 bits per heavy atom. The van der Waals surface area contributed by atoms with Crippen molar-refractivity contribution < 1.29 is 38.4 Å². The predicted octanol–water partition coefficient (Wildman–Crippen LogP) is 1.34. The van der Waals surface area contributed by atoms with Gasteiger partial charge in [0.05, 0.1) is 12.5 Å². The molecule has 0 aromatic rings. The van der Waals surface area contributed by atoms with E-state index in [4.69, 9.17) is 18.9 Å². The lowest BCUT2D eigenvalue weighted by Crippen LogP contribution is -2.26. The van der Waals surface area contributed by atoms with Crippen LogP contribution in [0.4, 0.5) is 0 Å². The maximum atomic E-state index is 12.5. The smallest absolute Gasteiger partial charge is 0.333 e. The van der Waals surface area contributed by atoms with Crippen LogP contribution in [0.3, 0.4) is 0 Å². The minimum atomic E-state index is -1.13. The zero-order valence-electron chi connectivity index (χ0n) is 17.1. The lowest BCUT2D eigenvalue weighted by atomic mass is 9.89. The van der Waals surface area contributed by atoms with Gasteiger partial charge in [0.2, 0.25) is 0 Å². The third-order valence-electron chi connectivity index (χ3n) is 5.72. The molecule has 0 spiro atoms. The number of aliphatic hydroxyl groups excluding tert-OH is 1. The number of allylic oxidation sites excluding steroid dienone is 2. The molecular weight excluding hydrogens is 392 g/mol. The molecule has 0 amide bonds. The fourth-order valence-corrected chi connectivity index (χ4v) is 4.02. The van der Waals surface area contributed by atoms with E-state index in [9.17, 15) is 19.5 Å². The first-order chi connectivity index (χ1) is 14.3. The quantitative estimate of drug-likeness (QED) is 0.185. The molecule has 8 nitrogen and oxygen atoms in total. The molecule has 1 saturated heterocycles. The molecular formula is C22H28O8. The molecule has 164 valence electrons. The molecule has 1 saturated carbocycles. The van der Waals surface area contributed by atoms with Crippen molar-refractivity contribution in [1.29, 1.82) is 0 Å². The van der Waals surface area contributed by atoms with Gasteiger partial charge in [0.15, 0.2) is 0 Å². The second kappa shape index (κ2) is 9.57. The third-order valence-corrected chi connectivity index (χ3v) is 5.72. The highest BCUT2D eigenvalue weighted by molar-refractivity contribution is 5.89. The van der Waals surface area contributed by atoms with Gasteiger partial charge in [-0.3, -0.25) is 4.79 Å². The van der Waals surface area contributed by atoms with Gasteiger partial charge in [0.25, 0.3) is 0 Å². The first-order valence-corrected chi connectivity index (χ1v) is 10.1. The van der Waals surface area contributed by atoms with Gasteiger partial charge in [-0.1, -0.05) is 18.7 Å². The summed E-state index contributed by atoms with van der Waals surface area (Å²) in [6, 6.07) is 0. The first kappa shape index (κ1) is 22.2. The Kier molecular flexibility index (Phi) is 7.10. The Labute approximate surface area is 175 Å². The minimum absolute atomic E-state index is 0.00897. The van der Waals surface area contributed by atoms with Crippen molar-refractivity contribution in [2.75, 3.05) is 26.4 Å². The van der Waals surface area contributed by atoms with Crippen molar-refractivity contribution in [3.63, 3.8) is 0 Å². The molecule has 0 aromatic heterocycles. The summed E-state index contributed by atoms with van der Waals surface area (Å²) >= 11 is 0. The van der Waals surface area contributed by atoms with Gasteiger partial charge in [-0.2, -0.15) is 0 Å². The molecule has 0 aromatic carbocycles. The average molecular weight is 420 g/mol. The van der Waals surface area contributed by atoms with Crippen LogP contribution in [-0.4, -0.2) is 61.6 Å². The van der Waals surface area contributed by atoms with E-state index < -0.39 is 18.0 Å². The zero-order chi connectivity index (χ0) is 21.8. The lowest BCUT2D eigenvalue weighted by molar-refractivity contribution is -0.151. The molecule has 6 atom stereocenters. The summed E-state index contributed by atoms with van der Waals surface area (Å²) in [5, 5.41) is 9.85. The number of fused-ring (bicyclic) bond motifs is 1. The van der Waals surface area contributed by atoms with E-state index in [2.05, 4.69) is 13.2 Å². The second-order valence-corrected chi connectivity index (χ2v) is 8.10. The summed E-state index contributed by atoms with van der Waals surface area (Å²) in [4.78, 5) is 36.3. The Bertz CT molecular complexity index is 750. The van der Waals surface area contributed by atoms with E-state index in [-0.39, 0.29) is 61.1 Å². The summed E-state index contributed by atoms with van der Waals surface area (Å²) < 4.78 is 20.4. The van der Waals surface area contributed by atoms with Gasteiger partial charge in [0, 0.05) is 11.1 Å². The van der Waals surface area contributed by atoms with Gasteiger partial charge >= 0.3 is 17.9 Å². The Morgan fingerprint density at radius 2 is 2.00 bits per heavy atom. The van der Waals surface area contributed by atoms with Crippen molar-refractivity contribution >= 4 is 17.9 Å². The van der Waals surface area contributed by atoms with Gasteiger partial charge in [-0.15, -0.1) is 6.58 Å². The van der Waals surface area contributed by atoms with Crippen molar-refractivity contribution in [3.8, 4) is 0 Å². The van der Waals surface area contributed by atoms with Crippen LogP contribution in [0.15, 0.2) is 36.5 Å². The summed E-state index contributed by atoms with van der Waals surface area (Å²) in [5.41, 5.74) is 0.697. The monoisotopic (exact) mass is 420 g/mol. The zero-order valence-corrected chi connectivity index (χ0v) is 17.1. The van der Waals surface area contributed by atoms with Crippen LogP contribution in [0.5, 0.6) is 0 Å². The molecule has 1 N–H and O–H groups in total. The van der Waals surface area contributed by atoms with E-state index >= 15 is 0 Å². The highest BCUT2D eigenvalue weighted by Gasteiger charge is 2.49. The summed E-state index contributed by atoms with van der Waals surface area (Å²) in [5.74, 6) is -1.65. The maximum absolute atomic E-state index is 12.5. The molecule has 6 unspecified atom stereocenters. The highest BCUT2D eigenvalue weighted by atomic mass is 16.6. The van der Waals surface area contributed by atoms with Gasteiger partial charge in [-0.05, 0) is 37.5 Å². The second-order valence-electron chi connectivity index (χ2n) is 8.10. The predicted molar refractivity (Wildman–Crippen MR) is 105 cm³/mol. The molecule has 8 heteroatoms. The van der Waals surface area contributed by atoms with Crippen LogP contribution in [0.2, 0.25) is 0 Å². The molecule has 1 aliphatic heterocycles. The van der Waals surface area contributed by atoms with Gasteiger partial charge < -0.3 is 24.1 Å². The van der Waals surface area contributed by atoms with Crippen molar-refractivity contribution in [2.24, 2.45) is 23.7 Å². The minimum Gasteiger partial charge on any atom is -0.463 e. The molecule has 30 heavy (non-hydrogen) atoms. The largest absolute Gasteiger partial charge is 0.463 e. The Balaban J connectivity index is 1.50. The third kappa shape index (κ3) is 5.37. The van der Waals surface area contributed by atoms with E-state index in [0.29, 0.717) is 25.0 Å². The molecule has 3 rings (SSSR count). The lowest BCUT2D eigenvalue weighted by Gasteiger charge is -2.17. The summed E-state index contributed by atoms with van der Waals surface area (Å²) in [6.45, 7) is 9.10. The SMILES string of the molecule is C=CC1CC(C(=O)OCC2CO2)C2CC(C(=O)OCC(O)COC(=O)C(=C)C)=CC12. The highest BCUT2D eigenvalue weighted by Crippen LogP contribution is 2.50. The summed E-state index contributed by atoms with van der Waals surface area (Å²) in [7, 11) is 0. The number of esters is 3. The number of rotatable bonds is 10. The molecule has 3 aliphatic rings. The van der Waals surface area contributed by atoms with Crippen LogP contribution in [0.1, 0.15) is 19.8 Å². The molecule has 0 radical (unpaired) electrons. The van der Waals surface area contributed by atoms with E-state index in [1.165, 1.54) is 6.92 Å². The van der Waals surface area contributed by atoms with Crippen LogP contribution in [0, 0.1) is 23.7 Å². The fraction of sp³-hybridized carbons (Fsp3) is 0.591. The molecule has 0 bridgehead atoms. The summed E-state index contributed by atoms with van der Waals surface area (Å²) in [6.07, 6.45) is 3.61. The number of hydrogen-bond donors (Lipinski definition) is 1. The van der Waals surface area contributed by atoms with E-state index in [1.54, 1.807) is 0 Å². The van der Waals surface area contributed by atoms with E-state index in [0.717, 1.165) is 0 Å². The fourth-order valence-electron chi connectivity index (χ4n) is 4.02. The van der Waals surface area contributed by atoms with Crippen molar-refractivity contribution in [3.05, 3.63) is 36.5 Å². The Hall–Kier alpha value is -2.45. The van der Waals surface area contributed by atoms with Crippen LogP contribution in [-0.2, 0) is 33.3 Å².